The molecule has 1 aliphatic rings. The van der Waals surface area contributed by atoms with Crippen LogP contribution in [0.1, 0.15) is 24.1 Å². The van der Waals surface area contributed by atoms with Crippen LogP contribution in [0.2, 0.25) is 0 Å². The van der Waals surface area contributed by atoms with Gasteiger partial charge in [-0.15, -0.1) is 0 Å². The van der Waals surface area contributed by atoms with Crippen LogP contribution in [0.3, 0.4) is 0 Å². The van der Waals surface area contributed by atoms with Crippen molar-refractivity contribution in [3.63, 3.8) is 0 Å². The molecule has 21 heavy (non-hydrogen) atoms. The van der Waals surface area contributed by atoms with Crippen LogP contribution in [0.5, 0.6) is 5.75 Å². The molecule has 1 aliphatic heterocycles. The molecule has 1 N–H and O–H groups in total. The fraction of sp³-hybridized carbons (Fsp3) is 0.294. The Bertz CT molecular complexity index is 621. The Hall–Kier alpha value is -1.39. The van der Waals surface area contributed by atoms with Gasteiger partial charge in [0.2, 0.25) is 0 Å². The van der Waals surface area contributed by atoms with Gasteiger partial charge in [-0.1, -0.05) is 24.3 Å². The normalized spacial score (nSPS) is 18.1. The number of fused-ring (bicyclic) bond motifs is 1. The first kappa shape index (κ1) is 14.5. The summed E-state index contributed by atoms with van der Waals surface area (Å²) in [4.78, 5) is 0. The predicted molar refractivity (Wildman–Crippen MR) is 85.1 cm³/mol. The van der Waals surface area contributed by atoms with Gasteiger partial charge in [0.05, 0.1) is 4.47 Å². The maximum Gasteiger partial charge on any atom is 0.137 e. The molecule has 2 atom stereocenters. The van der Waals surface area contributed by atoms with E-state index < -0.39 is 0 Å². The highest BCUT2D eigenvalue weighted by molar-refractivity contribution is 9.10. The molecule has 4 heteroatoms. The smallest absolute Gasteiger partial charge is 0.137 e. The van der Waals surface area contributed by atoms with Crippen molar-refractivity contribution >= 4 is 15.9 Å². The van der Waals surface area contributed by atoms with Gasteiger partial charge in [0.15, 0.2) is 0 Å². The molecule has 3 rings (SSSR count). The summed E-state index contributed by atoms with van der Waals surface area (Å²) in [5, 5.41) is 3.45. The molecule has 0 bridgehead atoms. The molecule has 0 radical (unpaired) electrons. The van der Waals surface area contributed by atoms with Gasteiger partial charge in [-0.3, -0.25) is 0 Å². The Morgan fingerprint density at radius 2 is 2.14 bits per heavy atom. The summed E-state index contributed by atoms with van der Waals surface area (Å²) < 4.78 is 19.7. The van der Waals surface area contributed by atoms with Crippen molar-refractivity contribution in [1.29, 1.82) is 0 Å². The van der Waals surface area contributed by atoms with Crippen molar-refractivity contribution in [3.05, 3.63) is 63.9 Å². The molecule has 2 nitrogen and oxygen atoms in total. The van der Waals surface area contributed by atoms with E-state index in [4.69, 9.17) is 4.74 Å². The highest BCUT2D eigenvalue weighted by Gasteiger charge is 2.22. The van der Waals surface area contributed by atoms with Crippen LogP contribution in [0, 0.1) is 5.82 Å². The SMILES string of the molecule is CC(NCC1Cc2ccccc2O1)c1ccc(F)c(Br)c1. The summed E-state index contributed by atoms with van der Waals surface area (Å²) in [6.45, 7) is 2.84. The second kappa shape index (κ2) is 6.16. The number of rotatable bonds is 4. The third-order valence-corrected chi connectivity index (χ3v) is 4.42. The number of hydrogen-bond donors (Lipinski definition) is 1. The molecule has 0 aromatic heterocycles. The Morgan fingerprint density at radius 1 is 1.33 bits per heavy atom. The van der Waals surface area contributed by atoms with Gasteiger partial charge in [0, 0.05) is 19.0 Å². The average Bonchev–Trinajstić information content (AvgIpc) is 2.90. The average molecular weight is 350 g/mol. The highest BCUT2D eigenvalue weighted by atomic mass is 79.9. The van der Waals surface area contributed by atoms with Gasteiger partial charge in [0.1, 0.15) is 17.7 Å². The first-order valence-corrected chi connectivity index (χ1v) is 7.85. The number of benzene rings is 2. The van der Waals surface area contributed by atoms with Crippen LogP contribution in [0.25, 0.3) is 0 Å². The van der Waals surface area contributed by atoms with E-state index >= 15 is 0 Å². The zero-order chi connectivity index (χ0) is 14.8. The van der Waals surface area contributed by atoms with E-state index in [1.807, 2.05) is 30.3 Å². The van der Waals surface area contributed by atoms with Gasteiger partial charge in [-0.05, 0) is 52.2 Å². The van der Waals surface area contributed by atoms with E-state index in [0.29, 0.717) is 4.47 Å². The third-order valence-electron chi connectivity index (χ3n) is 3.81. The van der Waals surface area contributed by atoms with Crippen molar-refractivity contribution in [2.45, 2.75) is 25.5 Å². The van der Waals surface area contributed by atoms with Crippen LogP contribution < -0.4 is 10.1 Å². The Kier molecular flexibility index (Phi) is 4.27. The molecule has 0 amide bonds. The lowest BCUT2D eigenvalue weighted by atomic mass is 10.1. The Balaban J connectivity index is 1.57. The molecule has 1 heterocycles. The zero-order valence-corrected chi connectivity index (χ0v) is 13.4. The summed E-state index contributed by atoms with van der Waals surface area (Å²) in [6.07, 6.45) is 1.09. The minimum Gasteiger partial charge on any atom is -0.488 e. The number of nitrogens with one attached hydrogen (secondary N) is 1. The summed E-state index contributed by atoms with van der Waals surface area (Å²) in [5.74, 6) is 0.752. The number of para-hydroxylation sites is 1. The summed E-state index contributed by atoms with van der Waals surface area (Å²) in [7, 11) is 0. The third kappa shape index (κ3) is 3.27. The van der Waals surface area contributed by atoms with Crippen molar-refractivity contribution in [2.75, 3.05) is 6.54 Å². The number of hydrogen-bond acceptors (Lipinski definition) is 2. The van der Waals surface area contributed by atoms with E-state index in [-0.39, 0.29) is 18.0 Å². The largest absolute Gasteiger partial charge is 0.488 e. The van der Waals surface area contributed by atoms with Crippen LogP contribution >= 0.6 is 15.9 Å². The molecule has 0 aliphatic carbocycles. The molecular formula is C17H17BrFNO. The van der Waals surface area contributed by atoms with Crippen LogP contribution in [-0.2, 0) is 6.42 Å². The zero-order valence-electron chi connectivity index (χ0n) is 11.8. The maximum absolute atomic E-state index is 13.3. The molecule has 2 aromatic rings. The molecule has 2 aromatic carbocycles. The van der Waals surface area contributed by atoms with Crippen molar-refractivity contribution in [1.82, 2.24) is 5.32 Å². The van der Waals surface area contributed by atoms with Crippen molar-refractivity contribution in [2.24, 2.45) is 0 Å². The Labute approximate surface area is 132 Å². The molecule has 0 saturated carbocycles. The van der Waals surface area contributed by atoms with Crippen LogP contribution in [0.4, 0.5) is 4.39 Å². The lowest BCUT2D eigenvalue weighted by Gasteiger charge is -2.18. The van der Waals surface area contributed by atoms with E-state index in [1.165, 1.54) is 11.6 Å². The molecule has 0 fully saturated rings. The van der Waals surface area contributed by atoms with Crippen LogP contribution in [0.15, 0.2) is 46.9 Å². The topological polar surface area (TPSA) is 21.3 Å². The van der Waals surface area contributed by atoms with Gasteiger partial charge >= 0.3 is 0 Å². The standard InChI is InChI=1S/C17H17BrFNO/c1-11(12-6-7-16(19)15(18)9-12)20-10-14-8-13-4-2-3-5-17(13)21-14/h2-7,9,11,14,20H,8,10H2,1H3. The lowest BCUT2D eigenvalue weighted by molar-refractivity contribution is 0.222. The molecule has 0 spiro atoms. The minimum atomic E-state index is -0.236. The predicted octanol–water partition coefficient (Wildman–Crippen LogP) is 4.24. The van der Waals surface area contributed by atoms with Gasteiger partial charge in [-0.2, -0.15) is 0 Å². The fourth-order valence-electron chi connectivity index (χ4n) is 2.58. The quantitative estimate of drug-likeness (QED) is 0.891. The summed E-state index contributed by atoms with van der Waals surface area (Å²) >= 11 is 3.22. The van der Waals surface area contributed by atoms with E-state index in [0.717, 1.165) is 24.3 Å². The second-order valence-electron chi connectivity index (χ2n) is 5.36. The highest BCUT2D eigenvalue weighted by Crippen LogP contribution is 2.28. The first-order chi connectivity index (χ1) is 10.1. The lowest BCUT2D eigenvalue weighted by Crippen LogP contribution is -2.31. The van der Waals surface area contributed by atoms with Gasteiger partial charge in [0.25, 0.3) is 0 Å². The summed E-state index contributed by atoms with van der Waals surface area (Å²) in [6, 6.07) is 13.4. The Morgan fingerprint density at radius 3 is 2.90 bits per heavy atom. The second-order valence-corrected chi connectivity index (χ2v) is 6.21. The number of halogens is 2. The first-order valence-electron chi connectivity index (χ1n) is 7.06. The van der Waals surface area contributed by atoms with Crippen molar-refractivity contribution in [3.8, 4) is 5.75 Å². The minimum absolute atomic E-state index is 0.147. The van der Waals surface area contributed by atoms with E-state index in [2.05, 4.69) is 34.2 Å². The summed E-state index contributed by atoms with van der Waals surface area (Å²) in [5.41, 5.74) is 2.32. The molecular weight excluding hydrogens is 333 g/mol. The molecule has 2 unspecified atom stereocenters. The number of ether oxygens (including phenoxy) is 1. The maximum atomic E-state index is 13.3. The van der Waals surface area contributed by atoms with E-state index in [9.17, 15) is 4.39 Å². The van der Waals surface area contributed by atoms with E-state index in [1.54, 1.807) is 0 Å². The monoisotopic (exact) mass is 349 g/mol. The van der Waals surface area contributed by atoms with Crippen LogP contribution in [-0.4, -0.2) is 12.6 Å². The van der Waals surface area contributed by atoms with Gasteiger partial charge in [-0.25, -0.2) is 4.39 Å². The molecule has 110 valence electrons. The van der Waals surface area contributed by atoms with Gasteiger partial charge < -0.3 is 10.1 Å². The fourth-order valence-corrected chi connectivity index (χ4v) is 2.97. The van der Waals surface area contributed by atoms with Crippen molar-refractivity contribution < 1.29 is 9.13 Å². The molecule has 0 saturated heterocycles.